The monoisotopic (exact) mass is 281 g/mol. The Morgan fingerprint density at radius 2 is 2.05 bits per heavy atom. The van der Waals surface area contributed by atoms with Crippen molar-refractivity contribution in [1.29, 1.82) is 0 Å². The third-order valence-electron chi connectivity index (χ3n) is 3.50. The van der Waals surface area contributed by atoms with E-state index in [0.717, 1.165) is 19.0 Å². The van der Waals surface area contributed by atoms with Gasteiger partial charge < -0.3 is 5.11 Å². The SMILES string of the molecule is O=[N+]([O-])c1ccc(CN2CCC(CO)C2)c([N+](=O)[O-])c1. The van der Waals surface area contributed by atoms with Crippen LogP contribution in [0.25, 0.3) is 0 Å². The molecule has 1 saturated heterocycles. The number of hydrogen-bond donors (Lipinski definition) is 1. The maximum absolute atomic E-state index is 11.0. The molecule has 0 aromatic heterocycles. The summed E-state index contributed by atoms with van der Waals surface area (Å²) in [7, 11) is 0. The van der Waals surface area contributed by atoms with Gasteiger partial charge in [0.15, 0.2) is 0 Å². The standard InChI is InChI=1S/C12H15N3O5/c16-8-9-3-4-13(6-9)7-10-1-2-11(14(17)18)5-12(10)15(19)20/h1-2,5,9,16H,3-4,6-8H2. The van der Waals surface area contributed by atoms with Crippen LogP contribution in [0.4, 0.5) is 11.4 Å². The molecule has 8 heteroatoms. The van der Waals surface area contributed by atoms with E-state index in [1.54, 1.807) is 0 Å². The molecule has 1 fully saturated rings. The normalized spacial score (nSPS) is 19.1. The number of nitro groups is 2. The van der Waals surface area contributed by atoms with Crippen molar-refractivity contribution in [3.05, 3.63) is 44.0 Å². The number of aliphatic hydroxyl groups is 1. The molecule has 1 aromatic carbocycles. The summed E-state index contributed by atoms with van der Waals surface area (Å²) in [5.74, 6) is 0.201. The predicted molar refractivity (Wildman–Crippen MR) is 70.2 cm³/mol. The third-order valence-corrected chi connectivity index (χ3v) is 3.50. The van der Waals surface area contributed by atoms with Crippen molar-refractivity contribution in [3.63, 3.8) is 0 Å². The molecule has 20 heavy (non-hydrogen) atoms. The second kappa shape index (κ2) is 5.93. The van der Waals surface area contributed by atoms with Crippen LogP contribution in [-0.2, 0) is 6.54 Å². The van der Waals surface area contributed by atoms with E-state index in [-0.39, 0.29) is 23.9 Å². The van der Waals surface area contributed by atoms with Crippen LogP contribution in [0.3, 0.4) is 0 Å². The smallest absolute Gasteiger partial charge is 0.280 e. The number of rotatable bonds is 5. The Labute approximate surface area is 114 Å². The van der Waals surface area contributed by atoms with Crippen molar-refractivity contribution in [2.75, 3.05) is 19.7 Å². The van der Waals surface area contributed by atoms with E-state index in [4.69, 9.17) is 5.11 Å². The minimum absolute atomic E-state index is 0.110. The van der Waals surface area contributed by atoms with E-state index in [1.165, 1.54) is 12.1 Å². The first-order valence-corrected chi connectivity index (χ1v) is 6.26. The summed E-state index contributed by atoms with van der Waals surface area (Å²) in [5.41, 5.74) is -0.0547. The molecule has 0 saturated carbocycles. The van der Waals surface area contributed by atoms with Gasteiger partial charge in [-0.1, -0.05) is 0 Å². The van der Waals surface area contributed by atoms with Crippen LogP contribution in [-0.4, -0.2) is 39.5 Å². The minimum Gasteiger partial charge on any atom is -0.396 e. The first-order valence-electron chi connectivity index (χ1n) is 6.26. The Morgan fingerprint density at radius 1 is 1.30 bits per heavy atom. The second-order valence-electron chi connectivity index (χ2n) is 4.90. The fourth-order valence-corrected chi connectivity index (χ4v) is 2.42. The average molecular weight is 281 g/mol. The lowest BCUT2D eigenvalue weighted by Gasteiger charge is -2.15. The number of aliphatic hydroxyl groups excluding tert-OH is 1. The largest absolute Gasteiger partial charge is 0.396 e. The lowest BCUT2D eigenvalue weighted by molar-refractivity contribution is -0.394. The molecular formula is C12H15N3O5. The second-order valence-corrected chi connectivity index (χ2v) is 4.90. The molecule has 1 atom stereocenters. The van der Waals surface area contributed by atoms with Crippen LogP contribution in [0.2, 0.25) is 0 Å². The zero-order chi connectivity index (χ0) is 14.7. The molecule has 1 unspecified atom stereocenters. The zero-order valence-electron chi connectivity index (χ0n) is 10.8. The van der Waals surface area contributed by atoms with E-state index in [0.29, 0.717) is 18.7 Å². The van der Waals surface area contributed by atoms with Crippen molar-refractivity contribution in [1.82, 2.24) is 4.90 Å². The highest BCUT2D eigenvalue weighted by molar-refractivity contribution is 5.49. The van der Waals surface area contributed by atoms with Gasteiger partial charge in [0.05, 0.1) is 15.9 Å². The van der Waals surface area contributed by atoms with Gasteiger partial charge in [-0.25, -0.2) is 0 Å². The Hall–Kier alpha value is -2.06. The summed E-state index contributed by atoms with van der Waals surface area (Å²) in [6, 6.07) is 3.71. The van der Waals surface area contributed by atoms with Crippen LogP contribution in [0.1, 0.15) is 12.0 Å². The van der Waals surface area contributed by atoms with Gasteiger partial charge in [0.25, 0.3) is 11.4 Å². The number of benzene rings is 1. The van der Waals surface area contributed by atoms with E-state index < -0.39 is 9.85 Å². The number of nitrogens with zero attached hydrogens (tertiary/aromatic N) is 3. The van der Waals surface area contributed by atoms with Crippen LogP contribution >= 0.6 is 0 Å². The molecule has 1 aliphatic heterocycles. The highest BCUT2D eigenvalue weighted by Gasteiger charge is 2.25. The zero-order valence-corrected chi connectivity index (χ0v) is 10.8. The lowest BCUT2D eigenvalue weighted by Crippen LogP contribution is -2.21. The molecule has 0 aliphatic carbocycles. The minimum atomic E-state index is -0.644. The summed E-state index contributed by atoms with van der Waals surface area (Å²) in [6.07, 6.45) is 0.858. The van der Waals surface area contributed by atoms with Crippen molar-refractivity contribution in [3.8, 4) is 0 Å². The number of nitro benzene ring substituents is 2. The third kappa shape index (κ3) is 3.09. The maximum atomic E-state index is 11.0. The molecule has 1 heterocycles. The van der Waals surface area contributed by atoms with Gasteiger partial charge in [0.1, 0.15) is 0 Å². The molecule has 1 aromatic rings. The van der Waals surface area contributed by atoms with Gasteiger partial charge in [0.2, 0.25) is 0 Å². The fraction of sp³-hybridized carbons (Fsp3) is 0.500. The van der Waals surface area contributed by atoms with Gasteiger partial charge in [-0.3, -0.25) is 25.1 Å². The van der Waals surface area contributed by atoms with Crippen molar-refractivity contribution < 1.29 is 15.0 Å². The lowest BCUT2D eigenvalue weighted by atomic mass is 10.1. The summed E-state index contributed by atoms with van der Waals surface area (Å²) in [5, 5.41) is 30.8. The molecule has 8 nitrogen and oxygen atoms in total. The van der Waals surface area contributed by atoms with Crippen molar-refractivity contribution in [2.24, 2.45) is 5.92 Å². The van der Waals surface area contributed by atoms with Gasteiger partial charge >= 0.3 is 0 Å². The summed E-state index contributed by atoms with van der Waals surface area (Å²) >= 11 is 0. The molecular weight excluding hydrogens is 266 g/mol. The van der Waals surface area contributed by atoms with Gasteiger partial charge in [-0.05, 0) is 24.9 Å². The maximum Gasteiger partial charge on any atom is 0.280 e. The molecule has 1 N–H and O–H groups in total. The highest BCUT2D eigenvalue weighted by Crippen LogP contribution is 2.27. The number of hydrogen-bond acceptors (Lipinski definition) is 6. The van der Waals surface area contributed by atoms with Gasteiger partial charge in [0, 0.05) is 31.3 Å². The van der Waals surface area contributed by atoms with Gasteiger partial charge in [-0.15, -0.1) is 0 Å². The van der Waals surface area contributed by atoms with E-state index in [2.05, 4.69) is 0 Å². The highest BCUT2D eigenvalue weighted by atomic mass is 16.6. The van der Waals surface area contributed by atoms with E-state index >= 15 is 0 Å². The van der Waals surface area contributed by atoms with E-state index in [1.807, 2.05) is 4.90 Å². The first-order chi connectivity index (χ1) is 9.51. The summed E-state index contributed by atoms with van der Waals surface area (Å²) < 4.78 is 0. The van der Waals surface area contributed by atoms with Crippen LogP contribution < -0.4 is 0 Å². The number of non-ortho nitro benzene ring substituents is 1. The number of likely N-dealkylation sites (tertiary alicyclic amines) is 1. The topological polar surface area (TPSA) is 110 Å². The molecule has 1 aliphatic rings. The molecule has 0 bridgehead atoms. The quantitative estimate of drug-likeness (QED) is 0.643. The first kappa shape index (κ1) is 14.4. The predicted octanol–water partition coefficient (Wildman–Crippen LogP) is 1.32. The molecule has 0 spiro atoms. The molecule has 0 radical (unpaired) electrons. The van der Waals surface area contributed by atoms with E-state index in [9.17, 15) is 20.2 Å². The van der Waals surface area contributed by atoms with Crippen LogP contribution in [0.5, 0.6) is 0 Å². The van der Waals surface area contributed by atoms with Crippen molar-refractivity contribution in [2.45, 2.75) is 13.0 Å². The average Bonchev–Trinajstić information content (AvgIpc) is 2.86. The van der Waals surface area contributed by atoms with Crippen LogP contribution in [0.15, 0.2) is 18.2 Å². The molecule has 2 rings (SSSR count). The van der Waals surface area contributed by atoms with Crippen molar-refractivity contribution >= 4 is 11.4 Å². The fourth-order valence-electron chi connectivity index (χ4n) is 2.42. The van der Waals surface area contributed by atoms with Gasteiger partial charge in [-0.2, -0.15) is 0 Å². The summed E-state index contributed by atoms with van der Waals surface area (Å²) in [4.78, 5) is 22.4. The molecule has 0 amide bonds. The Bertz CT molecular complexity index is 534. The molecule has 108 valence electrons. The Balaban J connectivity index is 2.19. The Morgan fingerprint density at radius 3 is 2.60 bits per heavy atom. The summed E-state index contributed by atoms with van der Waals surface area (Å²) in [6.45, 7) is 1.92. The Kier molecular flexibility index (Phi) is 4.26. The van der Waals surface area contributed by atoms with Crippen LogP contribution in [0, 0.1) is 26.1 Å².